The van der Waals surface area contributed by atoms with Crippen LogP contribution in [0.4, 0.5) is 0 Å². The maximum Gasteiger partial charge on any atom is 0.145 e. The number of rotatable bonds is 6. The third-order valence-corrected chi connectivity index (χ3v) is 4.63. The van der Waals surface area contributed by atoms with Crippen molar-refractivity contribution in [3.63, 3.8) is 0 Å². The van der Waals surface area contributed by atoms with E-state index in [0.29, 0.717) is 17.0 Å². The summed E-state index contributed by atoms with van der Waals surface area (Å²) in [5.74, 6) is 0.969. The van der Waals surface area contributed by atoms with Crippen LogP contribution in [0.15, 0.2) is 42.6 Å². The number of halogens is 1. The number of aromatic nitrogens is 1. The number of methoxy groups -OCH3 is 1. The Morgan fingerprint density at radius 2 is 1.92 bits per heavy atom. The SMILES string of the molecule is COc1cc(CO)ccc1CCCc1cc(Cl)c2cccnc2c1O. The second kappa shape index (κ2) is 7.72. The molecule has 0 bridgehead atoms. The van der Waals surface area contributed by atoms with Gasteiger partial charge in [-0.3, -0.25) is 4.98 Å². The molecule has 0 aliphatic carbocycles. The van der Waals surface area contributed by atoms with E-state index in [1.165, 1.54) is 0 Å². The zero-order valence-corrected chi connectivity index (χ0v) is 14.8. The molecule has 0 amide bonds. The smallest absolute Gasteiger partial charge is 0.145 e. The van der Waals surface area contributed by atoms with Crippen LogP contribution < -0.4 is 4.74 Å². The molecule has 2 N–H and O–H groups in total. The molecule has 1 heterocycles. The number of aromatic hydroxyl groups is 1. The van der Waals surface area contributed by atoms with Crippen molar-refractivity contribution in [3.05, 3.63) is 64.3 Å². The first-order valence-electron chi connectivity index (χ1n) is 8.15. The highest BCUT2D eigenvalue weighted by atomic mass is 35.5. The number of ether oxygens (including phenoxy) is 1. The number of hydrogen-bond acceptors (Lipinski definition) is 4. The van der Waals surface area contributed by atoms with Gasteiger partial charge in [-0.1, -0.05) is 23.7 Å². The molecular weight excluding hydrogens is 338 g/mol. The first-order chi connectivity index (χ1) is 12.1. The van der Waals surface area contributed by atoms with Gasteiger partial charge in [0.25, 0.3) is 0 Å². The van der Waals surface area contributed by atoms with E-state index < -0.39 is 0 Å². The number of phenols is 1. The molecule has 0 radical (unpaired) electrons. The van der Waals surface area contributed by atoms with Gasteiger partial charge in [0.15, 0.2) is 0 Å². The van der Waals surface area contributed by atoms with Crippen molar-refractivity contribution in [2.75, 3.05) is 7.11 Å². The Balaban J connectivity index is 1.77. The predicted octanol–water partition coefficient (Wildman–Crippen LogP) is 4.27. The standard InChI is InChI=1S/C20H20ClNO3/c1-25-18-10-13(12-23)7-8-14(18)4-2-5-15-11-17(21)16-6-3-9-22-19(16)20(15)24/h3,6-11,23-24H,2,4-5,12H2,1H3. The van der Waals surface area contributed by atoms with E-state index in [2.05, 4.69) is 4.98 Å². The van der Waals surface area contributed by atoms with E-state index in [4.69, 9.17) is 16.3 Å². The summed E-state index contributed by atoms with van der Waals surface area (Å²) in [6.07, 6.45) is 3.96. The lowest BCUT2D eigenvalue weighted by atomic mass is 10.0. The number of aliphatic hydroxyl groups is 1. The molecule has 25 heavy (non-hydrogen) atoms. The molecule has 130 valence electrons. The highest BCUT2D eigenvalue weighted by Crippen LogP contribution is 2.34. The maximum absolute atomic E-state index is 10.5. The Labute approximate surface area is 151 Å². The van der Waals surface area contributed by atoms with Crippen molar-refractivity contribution in [1.29, 1.82) is 0 Å². The summed E-state index contributed by atoms with van der Waals surface area (Å²) in [6, 6.07) is 11.2. The zero-order chi connectivity index (χ0) is 17.8. The minimum atomic E-state index is -0.00684. The molecule has 2 aromatic carbocycles. The van der Waals surface area contributed by atoms with Crippen LogP contribution in [0.1, 0.15) is 23.1 Å². The number of phenolic OH excluding ortho intramolecular Hbond substituents is 1. The molecule has 0 fully saturated rings. The number of aryl methyl sites for hydroxylation is 2. The van der Waals surface area contributed by atoms with E-state index in [0.717, 1.165) is 40.7 Å². The summed E-state index contributed by atoms with van der Waals surface area (Å²) in [4.78, 5) is 4.24. The lowest BCUT2D eigenvalue weighted by molar-refractivity contribution is 0.281. The fourth-order valence-corrected chi connectivity index (χ4v) is 3.28. The Bertz CT molecular complexity index is 895. The van der Waals surface area contributed by atoms with Crippen molar-refractivity contribution >= 4 is 22.5 Å². The topological polar surface area (TPSA) is 62.6 Å². The Kier molecular flexibility index (Phi) is 5.41. The summed E-state index contributed by atoms with van der Waals surface area (Å²) < 4.78 is 5.40. The Hall–Kier alpha value is -2.30. The van der Waals surface area contributed by atoms with Gasteiger partial charge in [-0.15, -0.1) is 0 Å². The molecular formula is C20H20ClNO3. The summed E-state index contributed by atoms with van der Waals surface area (Å²) in [5, 5.41) is 21.0. The predicted molar refractivity (Wildman–Crippen MR) is 99.4 cm³/mol. The van der Waals surface area contributed by atoms with Gasteiger partial charge < -0.3 is 14.9 Å². The van der Waals surface area contributed by atoms with Crippen molar-refractivity contribution in [2.24, 2.45) is 0 Å². The summed E-state index contributed by atoms with van der Waals surface area (Å²) in [5.41, 5.74) is 3.23. The van der Waals surface area contributed by atoms with Crippen molar-refractivity contribution < 1.29 is 14.9 Å². The highest BCUT2D eigenvalue weighted by Gasteiger charge is 2.12. The highest BCUT2D eigenvalue weighted by molar-refractivity contribution is 6.35. The fourth-order valence-electron chi connectivity index (χ4n) is 2.99. The minimum Gasteiger partial charge on any atom is -0.505 e. The van der Waals surface area contributed by atoms with Crippen LogP contribution in [0.25, 0.3) is 10.9 Å². The van der Waals surface area contributed by atoms with E-state index in [9.17, 15) is 10.2 Å². The fraction of sp³-hybridized carbons (Fsp3) is 0.250. The number of aliphatic hydroxyl groups excluding tert-OH is 1. The van der Waals surface area contributed by atoms with E-state index in [1.807, 2.05) is 30.3 Å². The third-order valence-electron chi connectivity index (χ3n) is 4.32. The normalized spacial score (nSPS) is 11.0. The first kappa shape index (κ1) is 17.5. The minimum absolute atomic E-state index is 0.00684. The summed E-state index contributed by atoms with van der Waals surface area (Å²) >= 11 is 6.32. The Morgan fingerprint density at radius 1 is 1.12 bits per heavy atom. The average Bonchev–Trinajstić information content (AvgIpc) is 2.65. The summed E-state index contributed by atoms with van der Waals surface area (Å²) in [6.45, 7) is -0.00684. The third kappa shape index (κ3) is 3.70. The Morgan fingerprint density at radius 3 is 2.68 bits per heavy atom. The van der Waals surface area contributed by atoms with Gasteiger partial charge in [0, 0.05) is 11.6 Å². The molecule has 5 heteroatoms. The van der Waals surface area contributed by atoms with Crippen LogP contribution in [0.5, 0.6) is 11.5 Å². The lowest BCUT2D eigenvalue weighted by Gasteiger charge is -2.11. The van der Waals surface area contributed by atoms with Gasteiger partial charge in [-0.05, 0) is 60.2 Å². The van der Waals surface area contributed by atoms with Crippen molar-refractivity contribution in [2.45, 2.75) is 25.9 Å². The van der Waals surface area contributed by atoms with E-state index in [-0.39, 0.29) is 12.4 Å². The van der Waals surface area contributed by atoms with Gasteiger partial charge in [-0.25, -0.2) is 0 Å². The first-order valence-corrected chi connectivity index (χ1v) is 8.53. The zero-order valence-electron chi connectivity index (χ0n) is 14.0. The number of hydrogen-bond donors (Lipinski definition) is 2. The lowest BCUT2D eigenvalue weighted by Crippen LogP contribution is -1.97. The van der Waals surface area contributed by atoms with Gasteiger partial charge >= 0.3 is 0 Å². The van der Waals surface area contributed by atoms with Gasteiger partial charge in [0.2, 0.25) is 0 Å². The van der Waals surface area contributed by atoms with Gasteiger partial charge in [0.05, 0.1) is 18.7 Å². The van der Waals surface area contributed by atoms with Crippen LogP contribution in [0.3, 0.4) is 0 Å². The van der Waals surface area contributed by atoms with Crippen molar-refractivity contribution in [3.8, 4) is 11.5 Å². The van der Waals surface area contributed by atoms with Gasteiger partial charge in [-0.2, -0.15) is 0 Å². The van der Waals surface area contributed by atoms with Crippen LogP contribution in [0.2, 0.25) is 5.02 Å². The second-order valence-corrected chi connectivity index (χ2v) is 6.33. The average molecular weight is 358 g/mol. The molecule has 4 nitrogen and oxygen atoms in total. The van der Waals surface area contributed by atoms with Crippen LogP contribution in [-0.2, 0) is 19.4 Å². The van der Waals surface area contributed by atoms with Crippen LogP contribution >= 0.6 is 11.6 Å². The molecule has 0 saturated heterocycles. The molecule has 3 rings (SSSR count). The molecule has 0 atom stereocenters. The number of benzene rings is 2. The molecule has 3 aromatic rings. The van der Waals surface area contributed by atoms with Crippen molar-refractivity contribution in [1.82, 2.24) is 4.98 Å². The van der Waals surface area contributed by atoms with Crippen LogP contribution in [-0.4, -0.2) is 22.3 Å². The maximum atomic E-state index is 10.5. The van der Waals surface area contributed by atoms with Gasteiger partial charge in [0.1, 0.15) is 17.0 Å². The number of fused-ring (bicyclic) bond motifs is 1. The number of nitrogens with zero attached hydrogens (tertiary/aromatic N) is 1. The monoisotopic (exact) mass is 357 g/mol. The largest absolute Gasteiger partial charge is 0.505 e. The molecule has 0 aliphatic rings. The van der Waals surface area contributed by atoms with E-state index >= 15 is 0 Å². The molecule has 0 saturated carbocycles. The van der Waals surface area contributed by atoms with Crippen LogP contribution in [0, 0.1) is 0 Å². The molecule has 1 aromatic heterocycles. The van der Waals surface area contributed by atoms with E-state index in [1.54, 1.807) is 19.4 Å². The summed E-state index contributed by atoms with van der Waals surface area (Å²) in [7, 11) is 1.63. The molecule has 0 unspecified atom stereocenters. The second-order valence-electron chi connectivity index (χ2n) is 5.92. The molecule has 0 aliphatic heterocycles. The molecule has 0 spiro atoms. The quantitative estimate of drug-likeness (QED) is 0.691. The number of pyridine rings is 1.